The zero-order chi connectivity index (χ0) is 18.7. The lowest BCUT2D eigenvalue weighted by atomic mass is 10.0. The maximum absolute atomic E-state index is 13.2. The average Bonchev–Trinajstić information content (AvgIpc) is 2.63. The van der Waals surface area contributed by atoms with E-state index in [2.05, 4.69) is 4.90 Å². The van der Waals surface area contributed by atoms with Crippen molar-refractivity contribution in [3.63, 3.8) is 0 Å². The first kappa shape index (κ1) is 18.8. The number of nitrogens with zero attached hydrogens (tertiary/aromatic N) is 2. The molecule has 0 unspecified atom stereocenters. The van der Waals surface area contributed by atoms with Crippen molar-refractivity contribution >= 4 is 17.5 Å². The van der Waals surface area contributed by atoms with Gasteiger partial charge in [0.2, 0.25) is 0 Å². The molecule has 0 bridgehead atoms. The van der Waals surface area contributed by atoms with Gasteiger partial charge in [0, 0.05) is 43.4 Å². The predicted octanol–water partition coefficient (Wildman–Crippen LogP) is 3.28. The molecule has 1 amide bonds. The first-order valence-corrected chi connectivity index (χ1v) is 9.03. The minimum absolute atomic E-state index is 0.0159. The Balaban J connectivity index is 1.74. The highest BCUT2D eigenvalue weighted by atomic mass is 35.5. The fraction of sp³-hybridized carbons (Fsp3) is 0.350. The van der Waals surface area contributed by atoms with E-state index in [1.165, 1.54) is 12.1 Å². The molecule has 1 N–H and O–H groups in total. The summed E-state index contributed by atoms with van der Waals surface area (Å²) in [5.74, 6) is -0.393. The molecular weight excluding hydrogens is 355 g/mol. The van der Waals surface area contributed by atoms with Gasteiger partial charge >= 0.3 is 0 Å². The van der Waals surface area contributed by atoms with Crippen LogP contribution in [-0.4, -0.2) is 60.1 Å². The first-order valence-electron chi connectivity index (χ1n) is 8.65. The summed E-state index contributed by atoms with van der Waals surface area (Å²) in [6.07, 6.45) is 0.655. The Bertz CT molecular complexity index is 782. The maximum Gasteiger partial charge on any atom is 0.253 e. The highest BCUT2D eigenvalue weighted by molar-refractivity contribution is 6.33. The summed E-state index contributed by atoms with van der Waals surface area (Å²) in [4.78, 5) is 16.8. The van der Waals surface area contributed by atoms with Crippen molar-refractivity contribution in [2.75, 3.05) is 33.3 Å². The monoisotopic (exact) mass is 376 g/mol. The number of piperazine rings is 1. The summed E-state index contributed by atoms with van der Waals surface area (Å²) in [7, 11) is 2.02. The van der Waals surface area contributed by atoms with Crippen molar-refractivity contribution < 1.29 is 14.3 Å². The third kappa shape index (κ3) is 4.06. The molecule has 0 saturated carbocycles. The van der Waals surface area contributed by atoms with Crippen molar-refractivity contribution in [1.29, 1.82) is 0 Å². The standard InChI is InChI=1S/C20H22ClFN2O2/c1-23-9-10-24(13-17(23)8-11-25)20(26)15-4-2-14(3-5-15)18-7-6-16(22)12-19(18)21/h2-7,12,17,25H,8-11,13H2,1H3/t17-/m1/s1. The van der Waals surface area contributed by atoms with Crippen LogP contribution in [0, 0.1) is 5.82 Å². The molecule has 0 aromatic heterocycles. The minimum Gasteiger partial charge on any atom is -0.396 e. The van der Waals surface area contributed by atoms with Crippen molar-refractivity contribution in [3.8, 4) is 11.1 Å². The van der Waals surface area contributed by atoms with E-state index >= 15 is 0 Å². The van der Waals surface area contributed by atoms with Crippen molar-refractivity contribution in [3.05, 3.63) is 58.9 Å². The van der Waals surface area contributed by atoms with Crippen LogP contribution in [-0.2, 0) is 0 Å². The van der Waals surface area contributed by atoms with Crippen LogP contribution >= 0.6 is 11.6 Å². The topological polar surface area (TPSA) is 43.8 Å². The Morgan fingerprint density at radius 1 is 1.23 bits per heavy atom. The first-order chi connectivity index (χ1) is 12.5. The molecule has 1 aliphatic rings. The van der Waals surface area contributed by atoms with E-state index in [-0.39, 0.29) is 24.4 Å². The third-order valence-corrected chi connectivity index (χ3v) is 5.21. The normalized spacial score (nSPS) is 18.2. The average molecular weight is 377 g/mol. The Kier molecular flexibility index (Phi) is 5.91. The molecule has 2 aromatic carbocycles. The van der Waals surface area contributed by atoms with E-state index in [1.807, 2.05) is 24.1 Å². The van der Waals surface area contributed by atoms with Crippen LogP contribution in [0.1, 0.15) is 16.8 Å². The Morgan fingerprint density at radius 3 is 2.62 bits per heavy atom. The van der Waals surface area contributed by atoms with Crippen LogP contribution in [0.15, 0.2) is 42.5 Å². The molecule has 3 rings (SSSR count). The molecule has 1 saturated heterocycles. The predicted molar refractivity (Wildman–Crippen MR) is 101 cm³/mol. The van der Waals surface area contributed by atoms with Crippen LogP contribution in [0.2, 0.25) is 5.02 Å². The van der Waals surface area contributed by atoms with Gasteiger partial charge < -0.3 is 10.0 Å². The van der Waals surface area contributed by atoms with Gasteiger partial charge in [-0.3, -0.25) is 9.69 Å². The summed E-state index contributed by atoms with van der Waals surface area (Å²) < 4.78 is 13.2. The number of aliphatic hydroxyl groups excluding tert-OH is 1. The number of benzene rings is 2. The van der Waals surface area contributed by atoms with Gasteiger partial charge in [-0.25, -0.2) is 4.39 Å². The van der Waals surface area contributed by atoms with Crippen LogP contribution in [0.4, 0.5) is 4.39 Å². The second-order valence-corrected chi connectivity index (χ2v) is 7.01. The number of hydrogen-bond donors (Lipinski definition) is 1. The zero-order valence-corrected chi connectivity index (χ0v) is 15.4. The largest absolute Gasteiger partial charge is 0.396 e. The Labute approximate surface area is 157 Å². The molecule has 6 heteroatoms. The molecule has 138 valence electrons. The molecule has 0 spiro atoms. The third-order valence-electron chi connectivity index (χ3n) is 4.90. The SMILES string of the molecule is CN1CCN(C(=O)c2ccc(-c3ccc(F)cc3Cl)cc2)C[C@H]1CCO. The number of aliphatic hydroxyl groups is 1. The van der Waals surface area contributed by atoms with Gasteiger partial charge in [-0.2, -0.15) is 0 Å². The minimum atomic E-state index is -0.377. The van der Waals surface area contributed by atoms with E-state index in [0.29, 0.717) is 30.1 Å². The molecule has 26 heavy (non-hydrogen) atoms. The molecular formula is C20H22ClFN2O2. The number of hydrogen-bond acceptors (Lipinski definition) is 3. The van der Waals surface area contributed by atoms with Crippen molar-refractivity contribution in [2.45, 2.75) is 12.5 Å². The Hall–Kier alpha value is -1.95. The van der Waals surface area contributed by atoms with Gasteiger partial charge in [-0.05, 0) is 49.4 Å². The van der Waals surface area contributed by atoms with Crippen LogP contribution in [0.25, 0.3) is 11.1 Å². The molecule has 0 radical (unpaired) electrons. The van der Waals surface area contributed by atoms with Crippen molar-refractivity contribution in [2.24, 2.45) is 0 Å². The summed E-state index contributed by atoms with van der Waals surface area (Å²) >= 11 is 6.11. The van der Waals surface area contributed by atoms with Gasteiger partial charge in [-0.1, -0.05) is 23.7 Å². The van der Waals surface area contributed by atoms with E-state index < -0.39 is 0 Å². The van der Waals surface area contributed by atoms with Crippen LogP contribution in [0.3, 0.4) is 0 Å². The quantitative estimate of drug-likeness (QED) is 0.890. The number of likely N-dealkylation sites (N-methyl/N-ethyl adjacent to an activating group) is 1. The highest BCUT2D eigenvalue weighted by Gasteiger charge is 2.27. The molecule has 1 heterocycles. The highest BCUT2D eigenvalue weighted by Crippen LogP contribution is 2.29. The summed E-state index contributed by atoms with van der Waals surface area (Å²) in [6.45, 7) is 2.19. The maximum atomic E-state index is 13.2. The zero-order valence-electron chi connectivity index (χ0n) is 14.7. The van der Waals surface area contributed by atoms with Crippen molar-refractivity contribution in [1.82, 2.24) is 9.80 Å². The molecule has 4 nitrogen and oxygen atoms in total. The second kappa shape index (κ2) is 8.16. The lowest BCUT2D eigenvalue weighted by Crippen LogP contribution is -2.53. The fourth-order valence-electron chi connectivity index (χ4n) is 3.29. The lowest BCUT2D eigenvalue weighted by molar-refractivity contribution is 0.0500. The number of carbonyl (C=O) groups is 1. The number of amides is 1. The molecule has 2 aromatic rings. The van der Waals surface area contributed by atoms with E-state index in [0.717, 1.165) is 17.7 Å². The molecule has 1 aliphatic heterocycles. The van der Waals surface area contributed by atoms with Crippen LogP contribution in [0.5, 0.6) is 0 Å². The molecule has 0 aliphatic carbocycles. The molecule has 1 fully saturated rings. The Morgan fingerprint density at radius 2 is 1.96 bits per heavy atom. The number of halogens is 2. The van der Waals surface area contributed by atoms with Gasteiger partial charge in [0.05, 0.1) is 5.02 Å². The van der Waals surface area contributed by atoms with Gasteiger partial charge in [0.1, 0.15) is 5.82 Å². The van der Waals surface area contributed by atoms with E-state index in [9.17, 15) is 14.3 Å². The van der Waals surface area contributed by atoms with Gasteiger partial charge in [0.15, 0.2) is 0 Å². The summed E-state index contributed by atoms with van der Waals surface area (Å²) in [6, 6.07) is 11.7. The summed E-state index contributed by atoms with van der Waals surface area (Å²) in [5, 5.41) is 9.53. The van der Waals surface area contributed by atoms with E-state index in [4.69, 9.17) is 11.6 Å². The fourth-order valence-corrected chi connectivity index (χ4v) is 3.57. The molecule has 1 atom stereocenters. The smallest absolute Gasteiger partial charge is 0.253 e. The number of rotatable bonds is 4. The summed E-state index contributed by atoms with van der Waals surface area (Å²) in [5.41, 5.74) is 2.18. The number of carbonyl (C=O) groups excluding carboxylic acids is 1. The van der Waals surface area contributed by atoms with Gasteiger partial charge in [0.25, 0.3) is 5.91 Å². The second-order valence-electron chi connectivity index (χ2n) is 6.60. The van der Waals surface area contributed by atoms with Crippen LogP contribution < -0.4 is 0 Å². The van der Waals surface area contributed by atoms with E-state index in [1.54, 1.807) is 18.2 Å². The van der Waals surface area contributed by atoms with Gasteiger partial charge in [-0.15, -0.1) is 0 Å². The lowest BCUT2D eigenvalue weighted by Gasteiger charge is -2.39.